The Bertz CT molecular complexity index is 550. The number of benzene rings is 1. The van der Waals surface area contributed by atoms with Crippen LogP contribution in [0.4, 0.5) is 0 Å². The van der Waals surface area contributed by atoms with Gasteiger partial charge in [0.15, 0.2) is 6.29 Å². The highest BCUT2D eigenvalue weighted by Gasteiger charge is 2.30. The summed E-state index contributed by atoms with van der Waals surface area (Å²) < 4.78 is 10.2. The van der Waals surface area contributed by atoms with Crippen LogP contribution in [0, 0.1) is 0 Å². The second-order valence-corrected chi connectivity index (χ2v) is 5.15. The van der Waals surface area contributed by atoms with E-state index in [1.165, 1.54) is 7.11 Å². The summed E-state index contributed by atoms with van der Waals surface area (Å²) in [5.74, 6) is -0.0898. The van der Waals surface area contributed by atoms with Crippen molar-refractivity contribution in [1.29, 1.82) is 0 Å². The Kier molecular flexibility index (Phi) is 4.96. The zero-order valence-electron chi connectivity index (χ0n) is 12.3. The van der Waals surface area contributed by atoms with Crippen LogP contribution in [0.5, 0.6) is 5.75 Å². The summed E-state index contributed by atoms with van der Waals surface area (Å²) in [7, 11) is 1.51. The van der Waals surface area contributed by atoms with E-state index in [2.05, 4.69) is 6.92 Å². The van der Waals surface area contributed by atoms with Crippen molar-refractivity contribution in [2.75, 3.05) is 7.11 Å². The van der Waals surface area contributed by atoms with E-state index in [0.717, 1.165) is 31.2 Å². The van der Waals surface area contributed by atoms with Gasteiger partial charge in [0.2, 0.25) is 6.29 Å². The summed E-state index contributed by atoms with van der Waals surface area (Å²) >= 11 is 0. The zero-order chi connectivity index (χ0) is 15.4. The molecule has 0 aromatic heterocycles. The lowest BCUT2D eigenvalue weighted by Gasteiger charge is -2.24. The third-order valence-electron chi connectivity index (χ3n) is 3.72. The molecule has 5 nitrogen and oxygen atoms in total. The number of unbranched alkanes of at least 4 members (excludes halogenated alkanes) is 2. The van der Waals surface area contributed by atoms with Gasteiger partial charge in [-0.1, -0.05) is 19.8 Å². The van der Waals surface area contributed by atoms with E-state index in [9.17, 15) is 14.7 Å². The van der Waals surface area contributed by atoms with Crippen molar-refractivity contribution in [3.8, 4) is 5.75 Å². The molecule has 1 atom stereocenters. The monoisotopic (exact) mass is 292 g/mol. The lowest BCUT2D eigenvalue weighted by molar-refractivity contribution is -0.0688. The van der Waals surface area contributed by atoms with Gasteiger partial charge in [-0.3, -0.25) is 4.79 Å². The standard InChI is InChI=1S/C16H20O5/c1-3-4-5-6-10-7-12-11(8-14(18)21-16(12)19)13(9-17)15(10)20-2/h7,9,14,18H,3-6,8H2,1-2H3. The molecule has 1 heterocycles. The third-order valence-corrected chi connectivity index (χ3v) is 3.72. The molecule has 1 aliphatic heterocycles. The summed E-state index contributed by atoms with van der Waals surface area (Å²) in [6, 6.07) is 1.73. The molecule has 0 fully saturated rings. The summed E-state index contributed by atoms with van der Waals surface area (Å²) in [6.45, 7) is 2.11. The number of carbonyl (C=O) groups excluding carboxylic acids is 2. The van der Waals surface area contributed by atoms with Crippen LogP contribution >= 0.6 is 0 Å². The van der Waals surface area contributed by atoms with Crippen LogP contribution in [-0.4, -0.2) is 30.8 Å². The molecule has 0 spiro atoms. The first-order valence-corrected chi connectivity index (χ1v) is 7.19. The molecule has 0 saturated carbocycles. The maximum absolute atomic E-state index is 11.9. The van der Waals surface area contributed by atoms with Gasteiger partial charge in [-0.25, -0.2) is 4.79 Å². The average Bonchev–Trinajstić information content (AvgIpc) is 2.46. The first-order chi connectivity index (χ1) is 10.1. The van der Waals surface area contributed by atoms with Crippen molar-refractivity contribution in [2.24, 2.45) is 0 Å². The largest absolute Gasteiger partial charge is 0.496 e. The van der Waals surface area contributed by atoms with E-state index >= 15 is 0 Å². The highest BCUT2D eigenvalue weighted by Crippen LogP contribution is 2.33. The van der Waals surface area contributed by atoms with Crippen LogP contribution in [0.1, 0.15) is 58.0 Å². The first kappa shape index (κ1) is 15.5. The molecule has 1 aromatic carbocycles. The number of rotatable bonds is 6. The second-order valence-electron chi connectivity index (χ2n) is 5.15. The van der Waals surface area contributed by atoms with Gasteiger partial charge in [0.05, 0.1) is 18.2 Å². The van der Waals surface area contributed by atoms with E-state index in [0.29, 0.717) is 28.7 Å². The Balaban J connectivity index is 2.50. The Morgan fingerprint density at radius 2 is 2.24 bits per heavy atom. The molecule has 0 amide bonds. The minimum Gasteiger partial charge on any atom is -0.496 e. The number of ether oxygens (including phenoxy) is 2. The highest BCUT2D eigenvalue weighted by atomic mass is 16.6. The SMILES string of the molecule is CCCCCc1cc2c(c(C=O)c1OC)CC(O)OC2=O. The predicted octanol–water partition coefficient (Wildman–Crippen LogP) is 2.27. The number of aryl methyl sites for hydroxylation is 1. The molecular weight excluding hydrogens is 272 g/mol. The predicted molar refractivity (Wildman–Crippen MR) is 76.7 cm³/mol. The van der Waals surface area contributed by atoms with Crippen LogP contribution in [0.2, 0.25) is 0 Å². The fourth-order valence-corrected chi connectivity index (χ4v) is 2.70. The molecule has 114 valence electrons. The van der Waals surface area contributed by atoms with E-state index in [-0.39, 0.29) is 6.42 Å². The smallest absolute Gasteiger partial charge is 0.340 e. The maximum atomic E-state index is 11.9. The number of fused-ring (bicyclic) bond motifs is 1. The second kappa shape index (κ2) is 6.72. The van der Waals surface area contributed by atoms with E-state index in [1.54, 1.807) is 6.07 Å². The van der Waals surface area contributed by atoms with Crippen LogP contribution in [0.3, 0.4) is 0 Å². The molecule has 1 aromatic rings. The van der Waals surface area contributed by atoms with Crippen molar-refractivity contribution >= 4 is 12.3 Å². The van der Waals surface area contributed by atoms with Crippen LogP contribution in [0.15, 0.2) is 6.07 Å². The summed E-state index contributed by atoms with van der Waals surface area (Å²) in [4.78, 5) is 23.3. The fourth-order valence-electron chi connectivity index (χ4n) is 2.70. The topological polar surface area (TPSA) is 72.8 Å². The number of aldehydes is 1. The summed E-state index contributed by atoms with van der Waals surface area (Å²) in [6.07, 6.45) is 3.44. The van der Waals surface area contributed by atoms with E-state index < -0.39 is 12.3 Å². The quantitative estimate of drug-likeness (QED) is 0.494. The molecule has 0 aliphatic carbocycles. The van der Waals surface area contributed by atoms with Crippen LogP contribution in [0.25, 0.3) is 0 Å². The van der Waals surface area contributed by atoms with Gasteiger partial charge >= 0.3 is 5.97 Å². The zero-order valence-corrected chi connectivity index (χ0v) is 12.3. The number of aliphatic hydroxyl groups excluding tert-OH is 1. The Morgan fingerprint density at radius 3 is 2.86 bits per heavy atom. The van der Waals surface area contributed by atoms with Gasteiger partial charge in [-0.05, 0) is 30.0 Å². The Hall–Kier alpha value is -1.88. The summed E-state index contributed by atoms with van der Waals surface area (Å²) in [5, 5.41) is 9.55. The van der Waals surface area contributed by atoms with Crippen molar-refractivity contribution in [3.63, 3.8) is 0 Å². The van der Waals surface area contributed by atoms with Crippen LogP contribution in [-0.2, 0) is 17.6 Å². The molecule has 1 aliphatic rings. The third kappa shape index (κ3) is 3.08. The average molecular weight is 292 g/mol. The Morgan fingerprint density at radius 1 is 1.48 bits per heavy atom. The van der Waals surface area contributed by atoms with E-state index in [1.807, 2.05) is 0 Å². The minimum atomic E-state index is -1.21. The van der Waals surface area contributed by atoms with Crippen molar-refractivity contribution in [1.82, 2.24) is 0 Å². The number of aliphatic hydroxyl groups is 1. The summed E-state index contributed by atoms with van der Waals surface area (Å²) in [5.41, 5.74) is 2.04. The normalized spacial score (nSPS) is 17.1. The first-order valence-electron chi connectivity index (χ1n) is 7.19. The maximum Gasteiger partial charge on any atom is 0.340 e. The molecule has 5 heteroatoms. The molecule has 0 saturated heterocycles. The number of hydrogen-bond acceptors (Lipinski definition) is 5. The molecule has 2 rings (SSSR count). The number of methoxy groups -OCH3 is 1. The molecular formula is C16H20O5. The van der Waals surface area contributed by atoms with Crippen molar-refractivity contribution < 1.29 is 24.2 Å². The van der Waals surface area contributed by atoms with Gasteiger partial charge < -0.3 is 14.6 Å². The van der Waals surface area contributed by atoms with Gasteiger partial charge in [0, 0.05) is 6.42 Å². The molecule has 1 unspecified atom stereocenters. The number of hydrogen-bond donors (Lipinski definition) is 1. The van der Waals surface area contributed by atoms with Gasteiger partial charge in [0.1, 0.15) is 5.75 Å². The molecule has 21 heavy (non-hydrogen) atoms. The number of carbonyl (C=O) groups is 2. The fraction of sp³-hybridized carbons (Fsp3) is 0.500. The van der Waals surface area contributed by atoms with E-state index in [4.69, 9.17) is 9.47 Å². The van der Waals surface area contributed by atoms with Gasteiger partial charge in [-0.2, -0.15) is 0 Å². The lowest BCUT2D eigenvalue weighted by Crippen LogP contribution is -2.28. The molecule has 0 radical (unpaired) electrons. The Labute approximate surface area is 123 Å². The van der Waals surface area contributed by atoms with Crippen LogP contribution < -0.4 is 4.74 Å². The van der Waals surface area contributed by atoms with Gasteiger partial charge in [-0.15, -0.1) is 0 Å². The van der Waals surface area contributed by atoms with Crippen molar-refractivity contribution in [2.45, 2.75) is 45.3 Å². The highest BCUT2D eigenvalue weighted by molar-refractivity contribution is 5.97. The van der Waals surface area contributed by atoms with Gasteiger partial charge in [0.25, 0.3) is 0 Å². The lowest BCUT2D eigenvalue weighted by atomic mass is 9.91. The minimum absolute atomic E-state index is 0.112. The number of esters is 1. The number of cyclic esters (lactones) is 1. The molecule has 1 N–H and O–H groups in total. The van der Waals surface area contributed by atoms with Crippen molar-refractivity contribution in [3.05, 3.63) is 28.3 Å². The molecule has 0 bridgehead atoms.